The van der Waals surface area contributed by atoms with Crippen LogP contribution >= 0.6 is 11.3 Å². The number of pyridine rings is 1. The van der Waals surface area contributed by atoms with Crippen molar-refractivity contribution in [2.45, 2.75) is 6.54 Å². The van der Waals surface area contributed by atoms with Crippen molar-refractivity contribution in [2.24, 2.45) is 0 Å². The van der Waals surface area contributed by atoms with Crippen molar-refractivity contribution in [3.63, 3.8) is 0 Å². The fourth-order valence-electron chi connectivity index (χ4n) is 2.69. The molecule has 0 aliphatic heterocycles. The van der Waals surface area contributed by atoms with E-state index in [2.05, 4.69) is 15.3 Å². The molecule has 4 rings (SSSR count). The topological polar surface area (TPSA) is 57.8 Å². The Morgan fingerprint density at radius 1 is 1.17 bits per heavy atom. The second-order valence-corrected chi connectivity index (χ2v) is 6.40. The molecule has 3 aromatic heterocycles. The molecule has 0 fully saturated rings. The van der Waals surface area contributed by atoms with Crippen LogP contribution in [0.3, 0.4) is 0 Å². The minimum absolute atomic E-state index is 0.0842. The summed E-state index contributed by atoms with van der Waals surface area (Å²) in [6.07, 6.45) is 3.65. The van der Waals surface area contributed by atoms with E-state index in [0.29, 0.717) is 12.1 Å². The zero-order chi connectivity index (χ0) is 16.4. The Kier molecular flexibility index (Phi) is 3.84. The average Bonchev–Trinajstić information content (AvgIpc) is 3.30. The zero-order valence-corrected chi connectivity index (χ0v) is 13.6. The molecule has 0 bridgehead atoms. The van der Waals surface area contributed by atoms with Crippen LogP contribution in [0.15, 0.2) is 66.3 Å². The Morgan fingerprint density at radius 2 is 2.12 bits per heavy atom. The third-order valence-corrected chi connectivity index (χ3v) is 4.78. The summed E-state index contributed by atoms with van der Waals surface area (Å²) in [6.45, 7) is 0.449. The maximum Gasteiger partial charge on any atom is 0.251 e. The van der Waals surface area contributed by atoms with Crippen molar-refractivity contribution in [1.82, 2.24) is 15.3 Å². The summed E-state index contributed by atoms with van der Waals surface area (Å²) in [5.41, 5.74) is 3.62. The van der Waals surface area contributed by atoms with Gasteiger partial charge in [0.15, 0.2) is 0 Å². The first kappa shape index (κ1) is 14.7. The molecule has 0 saturated carbocycles. The number of carbonyl (C=O) groups excluding carboxylic acids is 1. The van der Waals surface area contributed by atoms with E-state index in [1.807, 2.05) is 60.1 Å². The Bertz CT molecular complexity index is 989. The molecule has 4 nitrogen and oxygen atoms in total. The van der Waals surface area contributed by atoms with Gasteiger partial charge in [-0.3, -0.25) is 9.78 Å². The van der Waals surface area contributed by atoms with Gasteiger partial charge in [-0.2, -0.15) is 0 Å². The Hall–Kier alpha value is -2.92. The summed E-state index contributed by atoms with van der Waals surface area (Å²) in [6, 6.07) is 15.5. The molecule has 0 saturated heterocycles. The van der Waals surface area contributed by atoms with E-state index in [4.69, 9.17) is 0 Å². The van der Waals surface area contributed by atoms with Gasteiger partial charge in [-0.25, -0.2) is 0 Å². The summed E-state index contributed by atoms with van der Waals surface area (Å²) in [7, 11) is 0. The molecule has 2 N–H and O–H groups in total. The normalized spacial score (nSPS) is 10.8. The minimum atomic E-state index is -0.0842. The number of amides is 1. The molecule has 0 unspecified atom stereocenters. The van der Waals surface area contributed by atoms with Crippen LogP contribution in [0.1, 0.15) is 15.9 Å². The van der Waals surface area contributed by atoms with Crippen LogP contribution in [0.2, 0.25) is 0 Å². The summed E-state index contributed by atoms with van der Waals surface area (Å²) < 4.78 is 0. The zero-order valence-electron chi connectivity index (χ0n) is 12.8. The molecular weight excluding hydrogens is 318 g/mol. The third-order valence-electron chi connectivity index (χ3n) is 3.90. The molecule has 0 aliphatic rings. The largest absolute Gasteiger partial charge is 0.361 e. The maximum absolute atomic E-state index is 12.4. The van der Waals surface area contributed by atoms with Crippen molar-refractivity contribution < 1.29 is 4.79 Å². The van der Waals surface area contributed by atoms with E-state index in [9.17, 15) is 4.79 Å². The predicted molar refractivity (Wildman–Crippen MR) is 97.0 cm³/mol. The first-order chi connectivity index (χ1) is 11.8. The number of H-pyrrole nitrogens is 1. The highest BCUT2D eigenvalue weighted by Crippen LogP contribution is 2.25. The smallest absolute Gasteiger partial charge is 0.251 e. The van der Waals surface area contributed by atoms with Crippen molar-refractivity contribution in [1.29, 1.82) is 0 Å². The van der Waals surface area contributed by atoms with Crippen molar-refractivity contribution in [2.75, 3.05) is 0 Å². The van der Waals surface area contributed by atoms with Gasteiger partial charge >= 0.3 is 0 Å². The molecular formula is C19H15N3OS. The molecule has 0 spiro atoms. The first-order valence-corrected chi connectivity index (χ1v) is 8.52. The summed E-state index contributed by atoms with van der Waals surface area (Å²) in [5.74, 6) is -0.0842. The van der Waals surface area contributed by atoms with E-state index in [1.54, 1.807) is 17.5 Å². The van der Waals surface area contributed by atoms with Crippen LogP contribution in [0.5, 0.6) is 0 Å². The number of hydrogen-bond donors (Lipinski definition) is 2. The average molecular weight is 333 g/mol. The standard InChI is InChI=1S/C19H15N3OS/c23-19(14-5-6-16-13(11-14)7-9-20-16)22-12-15-3-1-8-21-18(15)17-4-2-10-24-17/h1-11,20H,12H2,(H,22,23). The number of benzene rings is 1. The molecule has 24 heavy (non-hydrogen) atoms. The number of fused-ring (bicyclic) bond motifs is 1. The van der Waals surface area contributed by atoms with Crippen LogP contribution in [-0.4, -0.2) is 15.9 Å². The van der Waals surface area contributed by atoms with Gasteiger partial charge in [0, 0.05) is 35.4 Å². The fourth-order valence-corrected chi connectivity index (χ4v) is 3.44. The van der Waals surface area contributed by atoms with E-state index < -0.39 is 0 Å². The summed E-state index contributed by atoms with van der Waals surface area (Å²) in [5, 5.41) is 6.05. The molecule has 4 aromatic rings. The summed E-state index contributed by atoms with van der Waals surface area (Å²) >= 11 is 1.64. The quantitative estimate of drug-likeness (QED) is 0.587. The molecule has 0 radical (unpaired) electrons. The van der Waals surface area contributed by atoms with Crippen LogP contribution in [0, 0.1) is 0 Å². The number of aromatic amines is 1. The number of nitrogens with one attached hydrogen (secondary N) is 2. The van der Waals surface area contributed by atoms with Crippen LogP contribution in [0.25, 0.3) is 21.5 Å². The maximum atomic E-state index is 12.4. The number of nitrogens with zero attached hydrogens (tertiary/aromatic N) is 1. The molecule has 118 valence electrons. The molecule has 5 heteroatoms. The van der Waals surface area contributed by atoms with Gasteiger partial charge < -0.3 is 10.3 Å². The van der Waals surface area contributed by atoms with Gasteiger partial charge in [0.2, 0.25) is 0 Å². The van der Waals surface area contributed by atoms with Gasteiger partial charge in [0.1, 0.15) is 0 Å². The highest BCUT2D eigenvalue weighted by atomic mass is 32.1. The van der Waals surface area contributed by atoms with Crippen molar-refractivity contribution in [3.05, 3.63) is 77.4 Å². The van der Waals surface area contributed by atoms with E-state index >= 15 is 0 Å². The van der Waals surface area contributed by atoms with E-state index in [-0.39, 0.29) is 5.91 Å². The fraction of sp³-hybridized carbons (Fsp3) is 0.0526. The van der Waals surface area contributed by atoms with Crippen molar-refractivity contribution in [3.8, 4) is 10.6 Å². The van der Waals surface area contributed by atoms with Gasteiger partial charge in [0.25, 0.3) is 5.91 Å². The number of carbonyl (C=O) groups is 1. The SMILES string of the molecule is O=C(NCc1cccnc1-c1cccs1)c1ccc2[nH]ccc2c1. The Labute approximate surface area is 143 Å². The monoisotopic (exact) mass is 333 g/mol. The highest BCUT2D eigenvalue weighted by Gasteiger charge is 2.10. The summed E-state index contributed by atoms with van der Waals surface area (Å²) in [4.78, 5) is 21.1. The lowest BCUT2D eigenvalue weighted by Gasteiger charge is -2.09. The Morgan fingerprint density at radius 3 is 3.00 bits per heavy atom. The van der Waals surface area contributed by atoms with Gasteiger partial charge in [-0.05, 0) is 47.3 Å². The second-order valence-electron chi connectivity index (χ2n) is 5.45. The van der Waals surface area contributed by atoms with Crippen LogP contribution < -0.4 is 5.32 Å². The molecule has 0 atom stereocenters. The first-order valence-electron chi connectivity index (χ1n) is 7.64. The highest BCUT2D eigenvalue weighted by molar-refractivity contribution is 7.13. The van der Waals surface area contributed by atoms with E-state index in [1.165, 1.54) is 0 Å². The van der Waals surface area contributed by atoms with E-state index in [0.717, 1.165) is 27.0 Å². The lowest BCUT2D eigenvalue weighted by Crippen LogP contribution is -2.23. The number of hydrogen-bond acceptors (Lipinski definition) is 3. The lowest BCUT2D eigenvalue weighted by molar-refractivity contribution is 0.0951. The van der Waals surface area contributed by atoms with Gasteiger partial charge in [-0.15, -0.1) is 11.3 Å². The van der Waals surface area contributed by atoms with Gasteiger partial charge in [-0.1, -0.05) is 12.1 Å². The van der Waals surface area contributed by atoms with Crippen LogP contribution in [-0.2, 0) is 6.54 Å². The predicted octanol–water partition coefficient (Wildman–Crippen LogP) is 4.22. The van der Waals surface area contributed by atoms with Crippen molar-refractivity contribution >= 4 is 28.1 Å². The lowest BCUT2D eigenvalue weighted by atomic mass is 10.1. The molecule has 0 aliphatic carbocycles. The van der Waals surface area contributed by atoms with Gasteiger partial charge in [0.05, 0.1) is 10.6 Å². The third kappa shape index (κ3) is 2.81. The second kappa shape index (κ2) is 6.29. The number of aromatic nitrogens is 2. The molecule has 1 amide bonds. The van der Waals surface area contributed by atoms with Crippen LogP contribution in [0.4, 0.5) is 0 Å². The number of thiophene rings is 1. The molecule has 3 heterocycles. The number of rotatable bonds is 4. The Balaban J connectivity index is 1.53. The molecule has 1 aromatic carbocycles. The minimum Gasteiger partial charge on any atom is -0.361 e.